The van der Waals surface area contributed by atoms with Crippen molar-refractivity contribution in [3.05, 3.63) is 78.4 Å². The SMILES string of the molecule is CCOc1ccc(-c2cc3c(SCc4cccc(F)c4)nccn3n2)cc1. The van der Waals surface area contributed by atoms with Gasteiger partial charge >= 0.3 is 0 Å². The molecule has 0 aliphatic rings. The van der Waals surface area contributed by atoms with Gasteiger partial charge in [-0.1, -0.05) is 23.9 Å². The molecule has 27 heavy (non-hydrogen) atoms. The second kappa shape index (κ2) is 7.80. The number of hydrogen-bond acceptors (Lipinski definition) is 4. The quantitative estimate of drug-likeness (QED) is 0.430. The number of rotatable bonds is 6. The number of aromatic nitrogens is 3. The van der Waals surface area contributed by atoms with Crippen molar-refractivity contribution in [2.45, 2.75) is 17.7 Å². The molecular formula is C21H18FN3OS. The highest BCUT2D eigenvalue weighted by Crippen LogP contribution is 2.29. The molecule has 0 amide bonds. The first-order valence-corrected chi connectivity index (χ1v) is 9.66. The molecule has 0 spiro atoms. The van der Waals surface area contributed by atoms with Crippen LogP contribution in [0, 0.1) is 5.82 Å². The van der Waals surface area contributed by atoms with Crippen molar-refractivity contribution in [3.8, 4) is 17.0 Å². The number of ether oxygens (including phenoxy) is 1. The summed E-state index contributed by atoms with van der Waals surface area (Å²) in [5.74, 6) is 1.27. The van der Waals surface area contributed by atoms with Gasteiger partial charge in [0.1, 0.15) is 16.6 Å². The topological polar surface area (TPSA) is 39.4 Å². The number of nitrogens with zero attached hydrogens (tertiary/aromatic N) is 3. The highest BCUT2D eigenvalue weighted by molar-refractivity contribution is 7.98. The monoisotopic (exact) mass is 379 g/mol. The first kappa shape index (κ1) is 17.5. The van der Waals surface area contributed by atoms with E-state index in [2.05, 4.69) is 10.1 Å². The summed E-state index contributed by atoms with van der Waals surface area (Å²) in [7, 11) is 0. The molecule has 0 radical (unpaired) electrons. The lowest BCUT2D eigenvalue weighted by molar-refractivity contribution is 0.340. The van der Waals surface area contributed by atoms with Crippen molar-refractivity contribution in [1.82, 2.24) is 14.6 Å². The smallest absolute Gasteiger partial charge is 0.123 e. The Balaban J connectivity index is 1.59. The van der Waals surface area contributed by atoms with E-state index in [0.29, 0.717) is 12.4 Å². The third-order valence-electron chi connectivity index (χ3n) is 4.08. The first-order valence-electron chi connectivity index (χ1n) is 8.68. The van der Waals surface area contributed by atoms with Gasteiger partial charge in [0.25, 0.3) is 0 Å². The summed E-state index contributed by atoms with van der Waals surface area (Å²) < 4.78 is 20.7. The van der Waals surface area contributed by atoms with Gasteiger partial charge in [0, 0.05) is 23.7 Å². The van der Waals surface area contributed by atoms with Gasteiger partial charge in [-0.05, 0) is 55.0 Å². The Bertz CT molecular complexity index is 1060. The molecule has 0 aliphatic heterocycles. The van der Waals surface area contributed by atoms with E-state index in [1.165, 1.54) is 6.07 Å². The molecule has 4 rings (SSSR count). The zero-order chi connectivity index (χ0) is 18.6. The minimum absolute atomic E-state index is 0.221. The minimum Gasteiger partial charge on any atom is -0.494 e. The summed E-state index contributed by atoms with van der Waals surface area (Å²) in [5, 5.41) is 5.52. The molecular weight excluding hydrogens is 361 g/mol. The highest BCUT2D eigenvalue weighted by Gasteiger charge is 2.10. The molecule has 2 heterocycles. The van der Waals surface area contributed by atoms with Crippen molar-refractivity contribution in [2.24, 2.45) is 0 Å². The molecule has 0 fully saturated rings. The molecule has 0 saturated heterocycles. The fourth-order valence-electron chi connectivity index (χ4n) is 2.82. The van der Waals surface area contributed by atoms with Gasteiger partial charge in [-0.25, -0.2) is 13.9 Å². The van der Waals surface area contributed by atoms with Gasteiger partial charge < -0.3 is 4.74 Å². The maximum atomic E-state index is 13.4. The van der Waals surface area contributed by atoms with Crippen LogP contribution in [0.25, 0.3) is 16.8 Å². The predicted octanol–water partition coefficient (Wildman–Crippen LogP) is 5.23. The predicted molar refractivity (Wildman–Crippen MR) is 106 cm³/mol. The molecule has 0 saturated carbocycles. The largest absolute Gasteiger partial charge is 0.494 e. The number of hydrogen-bond donors (Lipinski definition) is 0. The zero-order valence-corrected chi connectivity index (χ0v) is 15.6. The Kier molecular flexibility index (Phi) is 5.07. The molecule has 4 aromatic rings. The second-order valence-corrected chi connectivity index (χ2v) is 6.93. The average Bonchev–Trinajstić information content (AvgIpc) is 3.12. The number of fused-ring (bicyclic) bond motifs is 1. The Labute approximate surface area is 161 Å². The summed E-state index contributed by atoms with van der Waals surface area (Å²) in [6.07, 6.45) is 3.56. The maximum Gasteiger partial charge on any atom is 0.123 e. The van der Waals surface area contributed by atoms with Gasteiger partial charge in [0.2, 0.25) is 0 Å². The lowest BCUT2D eigenvalue weighted by atomic mass is 10.1. The van der Waals surface area contributed by atoms with Crippen molar-refractivity contribution >= 4 is 17.3 Å². The Hall–Kier alpha value is -2.86. The van der Waals surface area contributed by atoms with Gasteiger partial charge in [-0.2, -0.15) is 5.10 Å². The number of halogens is 1. The highest BCUT2D eigenvalue weighted by atomic mass is 32.2. The van der Waals surface area contributed by atoms with E-state index in [0.717, 1.165) is 33.1 Å². The van der Waals surface area contributed by atoms with E-state index in [4.69, 9.17) is 4.74 Å². The molecule has 0 N–H and O–H groups in total. The van der Waals surface area contributed by atoms with Crippen LogP contribution in [0.1, 0.15) is 12.5 Å². The molecule has 0 aliphatic carbocycles. The molecule has 0 unspecified atom stereocenters. The second-order valence-electron chi connectivity index (χ2n) is 5.97. The Morgan fingerprint density at radius 3 is 2.74 bits per heavy atom. The normalized spacial score (nSPS) is 11.0. The van der Waals surface area contributed by atoms with Crippen LogP contribution >= 0.6 is 11.8 Å². The Morgan fingerprint density at radius 1 is 1.11 bits per heavy atom. The molecule has 2 aromatic heterocycles. The van der Waals surface area contributed by atoms with E-state index < -0.39 is 0 Å². The van der Waals surface area contributed by atoms with Gasteiger partial charge in [0.05, 0.1) is 17.8 Å². The van der Waals surface area contributed by atoms with Crippen LogP contribution < -0.4 is 4.74 Å². The van der Waals surface area contributed by atoms with E-state index in [9.17, 15) is 4.39 Å². The maximum absolute atomic E-state index is 13.4. The summed E-state index contributed by atoms with van der Waals surface area (Å²) >= 11 is 1.57. The van der Waals surface area contributed by atoms with Gasteiger partial charge in [0.15, 0.2) is 0 Å². The fraction of sp³-hybridized carbons (Fsp3) is 0.143. The van der Waals surface area contributed by atoms with Crippen molar-refractivity contribution < 1.29 is 9.13 Å². The van der Waals surface area contributed by atoms with Crippen LogP contribution in [0.15, 0.2) is 72.0 Å². The molecule has 2 aromatic carbocycles. The molecule has 136 valence electrons. The van der Waals surface area contributed by atoms with E-state index in [-0.39, 0.29) is 5.82 Å². The van der Waals surface area contributed by atoms with Crippen molar-refractivity contribution in [2.75, 3.05) is 6.61 Å². The van der Waals surface area contributed by atoms with Crippen LogP contribution in [0.4, 0.5) is 4.39 Å². The summed E-state index contributed by atoms with van der Waals surface area (Å²) in [6.45, 7) is 2.61. The third kappa shape index (κ3) is 3.95. The van der Waals surface area contributed by atoms with E-state index >= 15 is 0 Å². The van der Waals surface area contributed by atoms with E-state index in [1.807, 2.05) is 54.0 Å². The lowest BCUT2D eigenvalue weighted by Crippen LogP contribution is -1.92. The van der Waals surface area contributed by atoms with E-state index in [1.54, 1.807) is 30.1 Å². The molecule has 6 heteroatoms. The summed E-state index contributed by atoms with van der Waals surface area (Å²) in [4.78, 5) is 4.48. The van der Waals surface area contributed by atoms with Crippen molar-refractivity contribution in [3.63, 3.8) is 0 Å². The fourth-order valence-corrected chi connectivity index (χ4v) is 3.74. The standard InChI is InChI=1S/C21H18FN3OS/c1-2-26-18-8-6-16(7-9-18)19-13-20-21(23-10-11-25(20)24-19)27-14-15-4-3-5-17(22)12-15/h3-13H,2,14H2,1H3. The van der Waals surface area contributed by atoms with Crippen LogP contribution in [0.5, 0.6) is 5.75 Å². The van der Waals surface area contributed by atoms with Crippen LogP contribution in [-0.2, 0) is 5.75 Å². The Morgan fingerprint density at radius 2 is 1.96 bits per heavy atom. The molecule has 0 bridgehead atoms. The zero-order valence-electron chi connectivity index (χ0n) is 14.8. The minimum atomic E-state index is -0.221. The van der Waals surface area contributed by atoms with Crippen LogP contribution in [-0.4, -0.2) is 21.2 Å². The first-order chi connectivity index (χ1) is 13.2. The lowest BCUT2D eigenvalue weighted by Gasteiger charge is -2.03. The summed E-state index contributed by atoms with van der Waals surface area (Å²) in [6, 6.07) is 16.6. The number of benzene rings is 2. The van der Waals surface area contributed by atoms with Gasteiger partial charge in [-0.3, -0.25) is 0 Å². The summed E-state index contributed by atoms with van der Waals surface area (Å²) in [5.41, 5.74) is 3.75. The molecule has 0 atom stereocenters. The van der Waals surface area contributed by atoms with Gasteiger partial charge in [-0.15, -0.1) is 0 Å². The van der Waals surface area contributed by atoms with Crippen LogP contribution in [0.2, 0.25) is 0 Å². The molecule has 4 nitrogen and oxygen atoms in total. The van der Waals surface area contributed by atoms with Crippen molar-refractivity contribution in [1.29, 1.82) is 0 Å². The third-order valence-corrected chi connectivity index (χ3v) is 5.15. The average molecular weight is 379 g/mol. The van der Waals surface area contributed by atoms with Crippen LogP contribution in [0.3, 0.4) is 0 Å². The number of thioether (sulfide) groups is 1.